The second-order valence-electron chi connectivity index (χ2n) is 28.1. The van der Waals surface area contributed by atoms with Crippen LogP contribution in [0.3, 0.4) is 0 Å². The van der Waals surface area contributed by atoms with Crippen LogP contribution in [0.25, 0.3) is 31.6 Å². The van der Waals surface area contributed by atoms with Crippen LogP contribution in [-0.2, 0) is 49.6 Å². The van der Waals surface area contributed by atoms with E-state index in [-0.39, 0.29) is 118 Å². The zero-order chi connectivity index (χ0) is 76.5. The lowest BCUT2D eigenvalue weighted by Crippen LogP contribution is -2.54. The molecule has 11 N–H and O–H groups in total. The van der Waals surface area contributed by atoms with Crippen LogP contribution < -0.4 is 47.4 Å². The standard InChI is InChI=1S/C76H96N10O18S/c1-39(2)60(82-54(87)20-13-12-14-33-86-55(88)27-28-56(86)89)73(98)81-51(19-16-32-78-74(77)99)72(97)79-47-23-21-46(22-24-47)38-102-75(100)84(10)48-29-34-85(35-30-48)49-25-26-50-53(37-49)105-69-61(80-50)57-58-66(93)45(8)68-59(57)70(95)76(9,104-68)103-36-31-52(101-11)42(5)64(91)44(7)65(92)43(6)63(90)40(3)17-15-18-41(4)71(96)83-62(69)67(58)94/h15,17-18,21-28,31,36-37,39-40,42-44,48,51-52,60,63-65,90-93H,12-14,16,19-20,29-30,32-35,38H2,1-11H3,(H,79,97)(H,81,98)(H,82,87)(H,83,96)(H3,77,78,99)/b17-15+,36-31+,41-18-/t40-,42+,43+,44-,51-,52-,60?,63-,64+,65+,76-/m0/s1. The summed E-state index contributed by atoms with van der Waals surface area (Å²) in [5.74, 6) is -9.23. The molecule has 0 saturated carbocycles. The van der Waals surface area contributed by atoms with Crippen molar-refractivity contribution in [3.05, 3.63) is 118 Å². The van der Waals surface area contributed by atoms with Crippen LogP contribution in [0.15, 0.2) is 95.6 Å². The molecule has 4 bridgehead atoms. The number of fused-ring (bicyclic) bond motifs is 2. The molecule has 0 spiro atoms. The molecule has 9 rings (SSSR count). The third kappa shape index (κ3) is 18.1. The SMILES string of the molecule is CO[C@H]1/C=C/O[C@@]2(C)Oc3c(C)c(O)c4c(=O)c(c5sc6cc(N7CCC(N(C)C(=O)OCc8ccc(NC(=O)[C@H](CCCNC(N)=O)NC(=O)C(NC(=O)CCCCCN9C(=O)C=CC9=O)C(C)C)cc8)CC7)ccc6nc-5c4c3C2=O)NC(=O)/C(C)=C\C=C\[C@H](C)[C@H](O)[C@@H](C)[C@@H](O)[C@@H](C)[C@H](O)[C@@H]1C. The number of aromatic hydroxyl groups is 1. The molecule has 5 heterocycles. The Hall–Kier alpha value is -9.81. The van der Waals surface area contributed by atoms with Crippen LogP contribution in [0.2, 0.25) is 0 Å². The predicted molar refractivity (Wildman–Crippen MR) is 395 cm³/mol. The van der Waals surface area contributed by atoms with Gasteiger partial charge in [0.05, 0.1) is 62.4 Å². The first kappa shape index (κ1) is 79.3. The number of urea groups is 1. The number of anilines is 3. The molecule has 1 unspecified atom stereocenters. The summed E-state index contributed by atoms with van der Waals surface area (Å²) in [4.78, 5) is 144. The molecule has 564 valence electrons. The van der Waals surface area contributed by atoms with Crippen LogP contribution in [-0.4, -0.2) is 177 Å². The third-order valence-corrected chi connectivity index (χ3v) is 21.5. The second-order valence-corrected chi connectivity index (χ2v) is 29.2. The first-order chi connectivity index (χ1) is 49.8. The number of nitrogens with one attached hydrogen (secondary N) is 5. The van der Waals surface area contributed by atoms with Gasteiger partial charge >= 0.3 is 17.9 Å². The molecule has 0 radical (unpaired) electrons. The molecule has 1 aliphatic carbocycles. The molecule has 6 aliphatic rings. The predicted octanol–water partition coefficient (Wildman–Crippen LogP) is 7.58. The average Bonchev–Trinajstić information content (AvgIpc) is 1.64. The van der Waals surface area contributed by atoms with Crippen molar-refractivity contribution >= 4 is 103 Å². The number of piperidine rings is 1. The minimum Gasteiger partial charge on any atom is -0.507 e. The van der Waals surface area contributed by atoms with Crippen LogP contribution in [0, 0.1) is 36.5 Å². The van der Waals surface area contributed by atoms with E-state index in [0.29, 0.717) is 66.7 Å². The summed E-state index contributed by atoms with van der Waals surface area (Å²) >= 11 is 1.15. The van der Waals surface area contributed by atoms with Crippen molar-refractivity contribution < 1.29 is 82.5 Å². The molecule has 9 amide bonds. The maximum absolute atomic E-state index is 15.2. The highest BCUT2D eigenvalue weighted by Crippen LogP contribution is 2.52. The normalized spacial score (nSPS) is 24.2. The van der Waals surface area contributed by atoms with Crippen molar-refractivity contribution in [2.75, 3.05) is 55.9 Å². The molecule has 3 aromatic rings. The van der Waals surface area contributed by atoms with Gasteiger partial charge in [0.15, 0.2) is 0 Å². The number of aliphatic hydroxyl groups excluding tert-OH is 3. The van der Waals surface area contributed by atoms with Gasteiger partial charge in [-0.3, -0.25) is 43.3 Å². The smallest absolute Gasteiger partial charge is 0.410 e. The monoisotopic (exact) mass is 1470 g/mol. The number of nitrogens with two attached hydrogens (primary N) is 1. The number of phenolic OH excluding ortho intramolecular Hbond substituents is 1. The Bertz CT molecular complexity index is 4260. The van der Waals surface area contributed by atoms with Gasteiger partial charge in [0.1, 0.15) is 35.9 Å². The molecule has 29 heteroatoms. The van der Waals surface area contributed by atoms with Crippen molar-refractivity contribution in [2.24, 2.45) is 35.3 Å². The number of imide groups is 1. The summed E-state index contributed by atoms with van der Waals surface area (Å²) < 4.78 is 24.6. The number of hydrogen-bond acceptors (Lipinski definition) is 21. The van der Waals surface area contributed by atoms with Crippen molar-refractivity contribution in [3.63, 3.8) is 0 Å². The number of primary amides is 1. The Morgan fingerprint density at radius 2 is 1.53 bits per heavy atom. The first-order valence-corrected chi connectivity index (χ1v) is 36.3. The topological polar surface area (TPSA) is 397 Å². The summed E-state index contributed by atoms with van der Waals surface area (Å²) in [7, 11) is 3.11. The highest BCUT2D eigenvalue weighted by molar-refractivity contribution is 7.22. The number of Topliss-reactive ketones (excluding diaryl/α,β-unsaturated/α-hetero) is 1. The highest BCUT2D eigenvalue weighted by Gasteiger charge is 2.50. The Kier molecular flexibility index (Phi) is 26.0. The number of hydrogen-bond donors (Lipinski definition) is 10. The van der Waals surface area contributed by atoms with E-state index in [1.807, 2.05) is 12.1 Å². The zero-order valence-electron chi connectivity index (χ0n) is 61.0. The van der Waals surface area contributed by atoms with Gasteiger partial charge in [-0.15, -0.1) is 11.3 Å². The third-order valence-electron chi connectivity index (χ3n) is 20.4. The molecule has 28 nitrogen and oxygen atoms in total. The summed E-state index contributed by atoms with van der Waals surface area (Å²) in [5.41, 5.74) is 6.79. The Morgan fingerprint density at radius 1 is 0.857 bits per heavy atom. The van der Waals surface area contributed by atoms with Gasteiger partial charge in [-0.05, 0) is 100 Å². The number of rotatable bonds is 21. The highest BCUT2D eigenvalue weighted by atomic mass is 32.1. The Morgan fingerprint density at radius 3 is 2.20 bits per heavy atom. The molecule has 3 aromatic carbocycles. The summed E-state index contributed by atoms with van der Waals surface area (Å²) in [6.45, 7) is 16.1. The fourth-order valence-electron chi connectivity index (χ4n) is 13.6. The average molecular weight is 1470 g/mol. The van der Waals surface area contributed by atoms with E-state index in [9.17, 15) is 63.6 Å². The second kappa shape index (κ2) is 34.4. The minimum absolute atomic E-state index is 0.0125. The van der Waals surface area contributed by atoms with E-state index in [4.69, 9.17) is 29.7 Å². The zero-order valence-corrected chi connectivity index (χ0v) is 61.8. The number of ketones is 1. The van der Waals surface area contributed by atoms with Crippen LogP contribution >= 0.6 is 11.3 Å². The number of benzene rings is 4. The lowest BCUT2D eigenvalue weighted by atomic mass is 9.78. The number of allylic oxidation sites excluding steroid dienone is 2. The maximum atomic E-state index is 15.2. The van der Waals surface area contributed by atoms with E-state index >= 15 is 4.79 Å². The molecular formula is C76H96N10O18S. The van der Waals surface area contributed by atoms with Crippen molar-refractivity contribution in [1.29, 1.82) is 0 Å². The van der Waals surface area contributed by atoms with E-state index in [1.54, 1.807) is 103 Å². The largest absolute Gasteiger partial charge is 0.507 e. The number of carbonyl (C=O) groups is 9. The molecule has 0 aromatic heterocycles. The molecule has 1 saturated heterocycles. The lowest BCUT2D eigenvalue weighted by Gasteiger charge is -2.37. The molecule has 5 aliphatic heterocycles. The quantitative estimate of drug-likeness (QED) is 0.0146. The summed E-state index contributed by atoms with van der Waals surface area (Å²) in [6.07, 6.45) is 8.31. The Balaban J connectivity index is 0.872. The van der Waals surface area contributed by atoms with Gasteiger partial charge < -0.3 is 81.5 Å². The van der Waals surface area contributed by atoms with Gasteiger partial charge in [0.2, 0.25) is 23.2 Å². The molecular weight excluding hydrogens is 1370 g/mol. The minimum atomic E-state index is -2.05. The van der Waals surface area contributed by atoms with Crippen molar-refractivity contribution in [1.82, 2.24) is 30.7 Å². The van der Waals surface area contributed by atoms with Gasteiger partial charge in [-0.2, -0.15) is 0 Å². The van der Waals surface area contributed by atoms with E-state index in [1.165, 1.54) is 51.5 Å². The molecule has 1 fully saturated rings. The van der Waals surface area contributed by atoms with E-state index in [0.717, 1.165) is 21.9 Å². The first-order valence-electron chi connectivity index (χ1n) is 35.5. The molecule has 105 heavy (non-hydrogen) atoms. The number of carbonyl (C=O) groups excluding carboxylic acids is 9. The van der Waals surface area contributed by atoms with E-state index in [2.05, 4.69) is 31.5 Å². The number of methoxy groups -OCH3 is 1. The van der Waals surface area contributed by atoms with Crippen LogP contribution in [0.5, 0.6) is 11.5 Å². The number of nitrogens with zero attached hydrogens (tertiary/aromatic N) is 4. The number of ether oxygens (including phenoxy) is 4. The number of aliphatic hydroxyl groups is 3. The van der Waals surface area contributed by atoms with E-state index < -0.39 is 113 Å². The maximum Gasteiger partial charge on any atom is 0.410 e. The lowest BCUT2D eigenvalue weighted by molar-refractivity contribution is -0.137. The van der Waals surface area contributed by atoms with Gasteiger partial charge in [-0.25, -0.2) is 14.6 Å². The number of amides is 9. The van der Waals surface area contributed by atoms with Gasteiger partial charge in [0.25, 0.3) is 23.5 Å². The Labute approximate surface area is 612 Å². The summed E-state index contributed by atoms with van der Waals surface area (Å²) in [5, 5.41) is 59.8. The fraction of sp³-hybridized carbons (Fsp3) is 0.487. The number of aromatic nitrogens is 1. The van der Waals surface area contributed by atoms with Crippen molar-refractivity contribution in [2.45, 2.75) is 169 Å². The van der Waals surface area contributed by atoms with Gasteiger partial charge in [0, 0.05) is 123 Å². The molecule has 11 atom stereocenters. The van der Waals surface area contributed by atoms with Gasteiger partial charge in [-0.1, -0.05) is 78.3 Å². The summed E-state index contributed by atoms with van der Waals surface area (Å²) in [6, 6.07) is 9.17. The fourth-order valence-corrected chi connectivity index (χ4v) is 14.7. The number of phenols is 1. The van der Waals surface area contributed by atoms with Crippen LogP contribution in [0.1, 0.15) is 128 Å². The number of unbranched alkanes of at least 4 members (excludes halogenated alkanes) is 2. The van der Waals surface area contributed by atoms with Crippen LogP contribution in [0.4, 0.5) is 26.7 Å². The van der Waals surface area contributed by atoms with Crippen molar-refractivity contribution in [3.8, 4) is 22.1 Å².